The number of fused-ring (bicyclic) bond motifs is 2. The van der Waals surface area contributed by atoms with E-state index in [2.05, 4.69) is 28.5 Å². The van der Waals surface area contributed by atoms with Gasteiger partial charge in [0, 0.05) is 71.4 Å². The number of piperazine rings is 1. The summed E-state index contributed by atoms with van der Waals surface area (Å²) in [7, 11) is 0. The molecule has 4 heterocycles. The Labute approximate surface area is 158 Å². The predicted octanol–water partition coefficient (Wildman–Crippen LogP) is 0.459. The summed E-state index contributed by atoms with van der Waals surface area (Å²) in [5, 5.41) is 10.3. The summed E-state index contributed by atoms with van der Waals surface area (Å²) in [6, 6.07) is 1.15. The number of likely N-dealkylation sites (tertiary alicyclic amines) is 2. The van der Waals surface area contributed by atoms with Gasteiger partial charge in [-0.3, -0.25) is 19.5 Å². The number of carbonyl (C=O) groups is 1. The molecular weight excluding hydrogens is 328 g/mol. The van der Waals surface area contributed by atoms with Crippen LogP contribution in [0.4, 0.5) is 0 Å². The third-order valence-corrected chi connectivity index (χ3v) is 7.03. The van der Waals surface area contributed by atoms with Crippen LogP contribution in [0.25, 0.3) is 0 Å². The first-order chi connectivity index (χ1) is 12.4. The fourth-order valence-corrected chi connectivity index (χ4v) is 5.97. The monoisotopic (exact) mass is 364 g/mol. The maximum absolute atomic E-state index is 11.6. The lowest BCUT2D eigenvalue weighted by molar-refractivity contribution is -0.140. The minimum atomic E-state index is -0.149. The average molecular weight is 365 g/mol. The predicted molar refractivity (Wildman–Crippen MR) is 102 cm³/mol. The molecule has 4 fully saturated rings. The van der Waals surface area contributed by atoms with Crippen molar-refractivity contribution in [3.8, 4) is 0 Å². The van der Waals surface area contributed by atoms with Gasteiger partial charge in [-0.1, -0.05) is 13.8 Å². The van der Waals surface area contributed by atoms with Crippen LogP contribution in [0.5, 0.6) is 0 Å². The first-order valence-electron chi connectivity index (χ1n) is 10.5. The third kappa shape index (κ3) is 3.41. The molecule has 2 atom stereocenters. The molecule has 1 spiro atoms. The highest BCUT2D eigenvalue weighted by atomic mass is 16.3. The Morgan fingerprint density at radius 3 is 2.42 bits per heavy atom. The second-order valence-corrected chi connectivity index (χ2v) is 9.65. The van der Waals surface area contributed by atoms with Gasteiger partial charge in [-0.2, -0.15) is 0 Å². The number of aliphatic hydroxyl groups is 1. The normalized spacial score (nSPS) is 33.7. The van der Waals surface area contributed by atoms with Gasteiger partial charge < -0.3 is 10.0 Å². The van der Waals surface area contributed by atoms with E-state index in [1.807, 2.05) is 4.90 Å². The molecule has 26 heavy (non-hydrogen) atoms. The van der Waals surface area contributed by atoms with Crippen molar-refractivity contribution in [1.29, 1.82) is 0 Å². The molecule has 4 aliphatic heterocycles. The van der Waals surface area contributed by atoms with E-state index in [1.54, 1.807) is 6.92 Å². The van der Waals surface area contributed by atoms with E-state index in [4.69, 9.17) is 0 Å². The van der Waals surface area contributed by atoms with Crippen molar-refractivity contribution in [2.75, 3.05) is 52.4 Å². The second-order valence-electron chi connectivity index (χ2n) is 9.65. The lowest BCUT2D eigenvalue weighted by atomic mass is 9.81. The van der Waals surface area contributed by atoms with Crippen LogP contribution < -0.4 is 0 Å². The van der Waals surface area contributed by atoms with Crippen molar-refractivity contribution in [3.05, 3.63) is 0 Å². The standard InChI is InChI=1S/C20H36N4O2/c1-15(2)9-21-10-18-8-19(26)11-24(18)20(12-21)13-23(14-20)17-4-6-22(7-5-17)16(3)25/h15,17-19,26H,4-14H2,1-3H3/t18-,19+/m0/s1. The molecule has 0 aromatic rings. The molecule has 1 N–H and O–H groups in total. The van der Waals surface area contributed by atoms with Gasteiger partial charge in [-0.25, -0.2) is 0 Å². The van der Waals surface area contributed by atoms with Gasteiger partial charge in [0.1, 0.15) is 0 Å². The Kier molecular flexibility index (Phi) is 5.05. The van der Waals surface area contributed by atoms with Crippen LogP contribution in [-0.2, 0) is 4.79 Å². The number of carbonyl (C=O) groups excluding carboxylic acids is 1. The van der Waals surface area contributed by atoms with E-state index >= 15 is 0 Å². The van der Waals surface area contributed by atoms with Crippen molar-refractivity contribution in [2.24, 2.45) is 5.92 Å². The maximum Gasteiger partial charge on any atom is 0.219 e. The fraction of sp³-hybridized carbons (Fsp3) is 0.950. The van der Waals surface area contributed by atoms with E-state index in [0.29, 0.717) is 18.0 Å². The Morgan fingerprint density at radius 2 is 1.81 bits per heavy atom. The zero-order chi connectivity index (χ0) is 18.5. The van der Waals surface area contributed by atoms with Crippen LogP contribution in [-0.4, -0.2) is 107 Å². The highest BCUT2D eigenvalue weighted by Crippen LogP contribution is 2.40. The molecule has 4 rings (SSSR count). The molecule has 0 bridgehead atoms. The molecule has 0 aromatic carbocycles. The molecule has 0 unspecified atom stereocenters. The van der Waals surface area contributed by atoms with Crippen LogP contribution in [0.15, 0.2) is 0 Å². The summed E-state index contributed by atoms with van der Waals surface area (Å²) in [5.74, 6) is 0.908. The van der Waals surface area contributed by atoms with Crippen LogP contribution in [0.1, 0.15) is 40.0 Å². The largest absolute Gasteiger partial charge is 0.392 e. The third-order valence-electron chi connectivity index (χ3n) is 7.03. The summed E-state index contributed by atoms with van der Waals surface area (Å²) < 4.78 is 0. The van der Waals surface area contributed by atoms with Gasteiger partial charge >= 0.3 is 0 Å². The second kappa shape index (κ2) is 7.04. The summed E-state index contributed by atoms with van der Waals surface area (Å²) in [6.45, 7) is 14.7. The Hall–Kier alpha value is -0.690. The Balaban J connectivity index is 1.39. The number of aliphatic hydroxyl groups excluding tert-OH is 1. The summed E-state index contributed by atoms with van der Waals surface area (Å²) in [5.41, 5.74) is 0.243. The summed E-state index contributed by atoms with van der Waals surface area (Å²) in [4.78, 5) is 21.5. The van der Waals surface area contributed by atoms with E-state index in [9.17, 15) is 9.90 Å². The maximum atomic E-state index is 11.6. The highest BCUT2D eigenvalue weighted by molar-refractivity contribution is 5.73. The first-order valence-corrected chi connectivity index (χ1v) is 10.5. The number of piperidine rings is 1. The van der Waals surface area contributed by atoms with Crippen LogP contribution in [0, 0.1) is 5.92 Å². The lowest BCUT2D eigenvalue weighted by Gasteiger charge is -2.63. The molecule has 4 aliphatic rings. The Morgan fingerprint density at radius 1 is 1.12 bits per heavy atom. The minimum absolute atomic E-state index is 0.149. The topological polar surface area (TPSA) is 50.3 Å². The van der Waals surface area contributed by atoms with Crippen LogP contribution in [0.2, 0.25) is 0 Å². The molecule has 0 saturated carbocycles. The van der Waals surface area contributed by atoms with Crippen molar-refractivity contribution in [2.45, 2.75) is 63.8 Å². The fourth-order valence-electron chi connectivity index (χ4n) is 5.97. The molecule has 0 aliphatic carbocycles. The number of hydrogen-bond donors (Lipinski definition) is 1. The molecule has 148 valence electrons. The van der Waals surface area contributed by atoms with Crippen LogP contribution >= 0.6 is 0 Å². The lowest BCUT2D eigenvalue weighted by Crippen LogP contribution is -2.79. The SMILES string of the molecule is CC(=O)N1CCC(N2CC3(CN(CC(C)C)C[C@@H]4C[C@@H](O)CN43)C2)CC1. The Bertz CT molecular complexity index is 526. The first kappa shape index (κ1) is 18.7. The van der Waals surface area contributed by atoms with Crippen molar-refractivity contribution in [1.82, 2.24) is 19.6 Å². The molecule has 4 saturated heterocycles. The van der Waals surface area contributed by atoms with E-state index in [1.165, 1.54) is 6.54 Å². The van der Waals surface area contributed by atoms with E-state index in [0.717, 1.165) is 65.1 Å². The van der Waals surface area contributed by atoms with Crippen molar-refractivity contribution < 1.29 is 9.90 Å². The number of β-amino-alcohol motifs (C(OH)–C–C–N with tert-alkyl or cyclic N) is 1. The summed E-state index contributed by atoms with van der Waals surface area (Å²) in [6.07, 6.45) is 3.01. The number of rotatable bonds is 3. The number of amides is 1. The number of nitrogens with zero attached hydrogens (tertiary/aromatic N) is 4. The smallest absolute Gasteiger partial charge is 0.219 e. The van der Waals surface area contributed by atoms with Gasteiger partial charge in [0.15, 0.2) is 0 Å². The summed E-state index contributed by atoms with van der Waals surface area (Å²) >= 11 is 0. The zero-order valence-corrected chi connectivity index (χ0v) is 16.7. The van der Waals surface area contributed by atoms with Gasteiger partial charge in [0.25, 0.3) is 0 Å². The van der Waals surface area contributed by atoms with Gasteiger partial charge in [0.05, 0.1) is 11.6 Å². The molecule has 6 nitrogen and oxygen atoms in total. The molecule has 0 aromatic heterocycles. The number of hydrogen-bond acceptors (Lipinski definition) is 5. The van der Waals surface area contributed by atoms with Gasteiger partial charge in [0.2, 0.25) is 5.91 Å². The van der Waals surface area contributed by atoms with Crippen molar-refractivity contribution in [3.63, 3.8) is 0 Å². The van der Waals surface area contributed by atoms with Gasteiger partial charge in [-0.15, -0.1) is 0 Å². The van der Waals surface area contributed by atoms with Gasteiger partial charge in [-0.05, 0) is 25.2 Å². The molecule has 6 heteroatoms. The minimum Gasteiger partial charge on any atom is -0.392 e. The average Bonchev–Trinajstić information content (AvgIpc) is 2.92. The molecular formula is C20H36N4O2. The zero-order valence-electron chi connectivity index (χ0n) is 16.7. The van der Waals surface area contributed by atoms with Crippen molar-refractivity contribution >= 4 is 5.91 Å². The molecule has 0 radical (unpaired) electrons. The quantitative estimate of drug-likeness (QED) is 0.788. The van der Waals surface area contributed by atoms with E-state index < -0.39 is 0 Å². The molecule has 1 amide bonds. The highest BCUT2D eigenvalue weighted by Gasteiger charge is 2.56. The van der Waals surface area contributed by atoms with E-state index in [-0.39, 0.29) is 17.6 Å². The van der Waals surface area contributed by atoms with Crippen LogP contribution in [0.3, 0.4) is 0 Å².